The Morgan fingerprint density at radius 1 is 0.875 bits per heavy atom. The molecule has 2 aliphatic rings. The number of nitrogens with two attached hydrogens (primary N) is 2. The fraction of sp³-hybridized carbons (Fsp3) is 0.312. The molecule has 40 heavy (non-hydrogen) atoms. The minimum atomic E-state index is 0.324. The van der Waals surface area contributed by atoms with E-state index in [0.717, 1.165) is 17.5 Å². The lowest BCUT2D eigenvalue weighted by Gasteiger charge is -2.07. The van der Waals surface area contributed by atoms with Gasteiger partial charge >= 0.3 is 0 Å². The van der Waals surface area contributed by atoms with E-state index >= 15 is 0 Å². The van der Waals surface area contributed by atoms with Gasteiger partial charge in [-0.05, 0) is 61.5 Å². The number of nitrogens with zero attached hydrogens (tertiary/aromatic N) is 3. The van der Waals surface area contributed by atoms with E-state index in [1.54, 1.807) is 42.9 Å². The van der Waals surface area contributed by atoms with Crippen LogP contribution in [-0.2, 0) is 0 Å². The molecule has 6 rings (SSSR count). The highest BCUT2D eigenvalue weighted by Gasteiger charge is 2.09. The molecular weight excluding hydrogens is 500 g/mol. The van der Waals surface area contributed by atoms with Crippen molar-refractivity contribution < 1.29 is 9.21 Å². The molecule has 3 heterocycles. The summed E-state index contributed by atoms with van der Waals surface area (Å²) in [6, 6.07) is 14.3. The molecule has 0 radical (unpaired) electrons. The number of rotatable bonds is 4. The first-order valence-electron chi connectivity index (χ1n) is 13.8. The second-order valence-electron chi connectivity index (χ2n) is 9.20. The molecule has 0 amide bonds. The number of pyridine rings is 1. The van der Waals surface area contributed by atoms with Crippen molar-refractivity contribution in [2.24, 2.45) is 5.73 Å². The Bertz CT molecular complexity index is 1340. The van der Waals surface area contributed by atoms with Gasteiger partial charge in [0, 0.05) is 29.2 Å². The van der Waals surface area contributed by atoms with E-state index in [4.69, 9.17) is 10.2 Å². The molecule has 3 aromatic heterocycles. The average molecular weight is 539 g/mol. The predicted molar refractivity (Wildman–Crippen MR) is 161 cm³/mol. The monoisotopic (exact) mass is 538 g/mol. The number of hydrogen-bond donors (Lipinski definition) is 3. The number of benzene rings is 1. The number of hydrogen-bond acceptors (Lipinski definition) is 8. The van der Waals surface area contributed by atoms with Crippen LogP contribution in [0.4, 0.5) is 17.5 Å². The van der Waals surface area contributed by atoms with Crippen LogP contribution in [0, 0.1) is 11.8 Å². The van der Waals surface area contributed by atoms with Crippen LogP contribution in [0.5, 0.6) is 0 Å². The Hall–Kier alpha value is -4.48. The van der Waals surface area contributed by atoms with Gasteiger partial charge in [-0.2, -0.15) is 4.98 Å². The zero-order chi connectivity index (χ0) is 28.4. The van der Waals surface area contributed by atoms with Gasteiger partial charge in [0.1, 0.15) is 23.6 Å². The molecule has 0 atom stereocenters. The van der Waals surface area contributed by atoms with Crippen molar-refractivity contribution in [2.45, 2.75) is 57.8 Å². The van der Waals surface area contributed by atoms with Crippen LogP contribution in [0.2, 0.25) is 0 Å². The zero-order valence-corrected chi connectivity index (χ0v) is 23.1. The normalized spacial score (nSPS) is 12.8. The zero-order valence-electron chi connectivity index (χ0n) is 23.1. The third-order valence-electron chi connectivity index (χ3n) is 5.85. The number of carbonyl (C=O) groups excluding carboxylic acids is 1. The van der Waals surface area contributed by atoms with Crippen molar-refractivity contribution in [3.63, 3.8) is 0 Å². The molecule has 0 saturated heterocycles. The number of aldehydes is 1. The molecular formula is C32H38N6O2. The summed E-state index contributed by atoms with van der Waals surface area (Å²) in [7, 11) is 1.50. The van der Waals surface area contributed by atoms with Crippen molar-refractivity contribution in [1.82, 2.24) is 15.0 Å². The molecule has 8 nitrogen and oxygen atoms in total. The molecule has 2 saturated carbocycles. The average Bonchev–Trinajstić information content (AvgIpc) is 3.82. The smallest absolute Gasteiger partial charge is 0.229 e. The molecule has 2 aliphatic carbocycles. The lowest BCUT2D eigenvalue weighted by Crippen LogP contribution is -2.01. The van der Waals surface area contributed by atoms with E-state index in [9.17, 15) is 4.79 Å². The van der Waals surface area contributed by atoms with Crippen LogP contribution in [0.1, 0.15) is 79.4 Å². The maximum Gasteiger partial charge on any atom is 0.229 e. The molecule has 2 fully saturated rings. The Morgan fingerprint density at radius 3 is 2.08 bits per heavy atom. The third-order valence-corrected chi connectivity index (χ3v) is 5.85. The lowest BCUT2D eigenvalue weighted by atomic mass is 10.0. The van der Waals surface area contributed by atoms with Crippen molar-refractivity contribution in [3.8, 4) is 23.2 Å². The van der Waals surface area contributed by atoms with E-state index in [-0.39, 0.29) is 0 Å². The van der Waals surface area contributed by atoms with Crippen molar-refractivity contribution in [2.75, 3.05) is 18.1 Å². The van der Waals surface area contributed by atoms with E-state index in [1.165, 1.54) is 64.8 Å². The predicted octanol–water partition coefficient (Wildman–Crippen LogP) is 6.76. The first kappa shape index (κ1) is 30.1. The van der Waals surface area contributed by atoms with Crippen LogP contribution in [-0.4, -0.2) is 28.3 Å². The molecule has 1 aromatic carbocycles. The molecule has 5 N–H and O–H groups in total. The number of nitrogens with one attached hydrogen (secondary N) is 1. The summed E-state index contributed by atoms with van der Waals surface area (Å²) in [5.41, 5.74) is 13.8. The molecule has 0 unspecified atom stereocenters. The minimum Gasteiger partial charge on any atom is -0.464 e. The highest BCUT2D eigenvalue weighted by molar-refractivity contribution is 5.75. The minimum absolute atomic E-state index is 0.324. The van der Waals surface area contributed by atoms with Crippen LogP contribution < -0.4 is 16.8 Å². The summed E-state index contributed by atoms with van der Waals surface area (Å²) in [6.45, 7) is 0. The van der Waals surface area contributed by atoms with Crippen LogP contribution >= 0.6 is 0 Å². The molecule has 8 heteroatoms. The van der Waals surface area contributed by atoms with Crippen LogP contribution in [0.25, 0.3) is 11.3 Å². The van der Waals surface area contributed by atoms with Crippen molar-refractivity contribution in [3.05, 3.63) is 84.0 Å². The summed E-state index contributed by atoms with van der Waals surface area (Å²) >= 11 is 0. The standard InChI is InChI=1S/C22H15N5O2.C6H12.C3H6.CH5N/c23-21-19(20-2-1-11-29-20)13-25-22(27-21)26-17-6-3-15(4-7-17)5-8-18-12-16(14-28)9-10-24-18;1-2-4-6-5-3-1;1-2-3-1;1-2/h1-4,6-7,9-14H,(H3,23,25,26,27);1-6H2;1-3H2;2H2,1H3. The Balaban J connectivity index is 0.000000335. The van der Waals surface area contributed by atoms with Crippen molar-refractivity contribution >= 4 is 23.7 Å². The fourth-order valence-electron chi connectivity index (χ4n) is 3.63. The van der Waals surface area contributed by atoms with Crippen molar-refractivity contribution in [1.29, 1.82) is 0 Å². The van der Waals surface area contributed by atoms with Gasteiger partial charge in [0.2, 0.25) is 5.95 Å². The summed E-state index contributed by atoms with van der Waals surface area (Å²) in [4.78, 5) is 23.5. The number of carbonyl (C=O) groups is 1. The van der Waals surface area contributed by atoms with Gasteiger partial charge in [-0.3, -0.25) is 4.79 Å². The van der Waals surface area contributed by atoms with Gasteiger partial charge in [-0.25, -0.2) is 9.97 Å². The highest BCUT2D eigenvalue weighted by atomic mass is 16.3. The molecule has 0 bridgehead atoms. The number of nitrogen functional groups attached to an aromatic ring is 1. The molecule has 4 aromatic rings. The topological polar surface area (TPSA) is 133 Å². The largest absolute Gasteiger partial charge is 0.464 e. The maximum atomic E-state index is 10.8. The summed E-state index contributed by atoms with van der Waals surface area (Å²) in [5, 5.41) is 3.10. The van der Waals surface area contributed by atoms with E-state index < -0.39 is 0 Å². The first-order valence-corrected chi connectivity index (χ1v) is 13.8. The van der Waals surface area contributed by atoms with Gasteiger partial charge in [-0.15, -0.1) is 0 Å². The number of anilines is 3. The van der Waals surface area contributed by atoms with Gasteiger partial charge in [0.05, 0.1) is 11.8 Å². The molecule has 208 valence electrons. The summed E-state index contributed by atoms with van der Waals surface area (Å²) in [6.07, 6.45) is 19.0. The highest BCUT2D eigenvalue weighted by Crippen LogP contribution is 2.25. The first-order chi connectivity index (χ1) is 19.7. The number of aromatic nitrogens is 3. The van der Waals surface area contributed by atoms with Gasteiger partial charge in [-0.1, -0.05) is 63.7 Å². The fourth-order valence-corrected chi connectivity index (χ4v) is 3.63. The van der Waals surface area contributed by atoms with E-state index in [0.29, 0.717) is 34.3 Å². The Morgan fingerprint density at radius 2 is 1.52 bits per heavy atom. The second-order valence-corrected chi connectivity index (χ2v) is 9.20. The van der Waals surface area contributed by atoms with Gasteiger partial charge < -0.3 is 21.2 Å². The number of furan rings is 1. The maximum absolute atomic E-state index is 10.8. The SMILES string of the molecule is C1CC1.C1CCCCC1.CN.Nc1nc(Nc2ccc(C#Cc3cc(C=O)ccn3)cc2)ncc1-c1ccco1. The van der Waals surface area contributed by atoms with Crippen LogP contribution in [0.15, 0.2) is 71.6 Å². The third kappa shape index (κ3) is 10.7. The Labute approximate surface area is 236 Å². The summed E-state index contributed by atoms with van der Waals surface area (Å²) < 4.78 is 5.32. The quantitative estimate of drug-likeness (QED) is 0.192. The Kier molecular flexibility index (Phi) is 12.9. The summed E-state index contributed by atoms with van der Waals surface area (Å²) in [5.74, 6) is 7.28. The van der Waals surface area contributed by atoms with Gasteiger partial charge in [0.25, 0.3) is 0 Å². The molecule has 0 aliphatic heterocycles. The molecule has 0 spiro atoms. The van der Waals surface area contributed by atoms with Crippen LogP contribution in [0.3, 0.4) is 0 Å². The lowest BCUT2D eigenvalue weighted by molar-refractivity contribution is 0.112. The van der Waals surface area contributed by atoms with Gasteiger partial charge in [0.15, 0.2) is 0 Å². The van der Waals surface area contributed by atoms with E-state index in [2.05, 4.69) is 37.8 Å². The van der Waals surface area contributed by atoms with E-state index in [1.807, 2.05) is 24.3 Å². The second kappa shape index (κ2) is 17.2.